The van der Waals surface area contributed by atoms with Crippen LogP contribution in [-0.4, -0.2) is 48.5 Å². The Kier molecular flexibility index (Phi) is 8.96. The Hall–Kier alpha value is -3.22. The lowest BCUT2D eigenvalue weighted by Crippen LogP contribution is -2.43. The molecular weight excluding hydrogens is 432 g/mol. The van der Waals surface area contributed by atoms with Crippen molar-refractivity contribution in [3.8, 4) is 16.9 Å². The number of para-hydroxylation sites is 1. The Morgan fingerprint density at radius 3 is 2.06 bits per heavy atom. The minimum absolute atomic E-state index is 0.234. The van der Waals surface area contributed by atoms with Crippen molar-refractivity contribution in [1.82, 2.24) is 10.2 Å². The first-order valence-electron chi connectivity index (χ1n) is 11.5. The quantitative estimate of drug-likeness (QED) is 0.522. The van der Waals surface area contributed by atoms with Gasteiger partial charge in [-0.15, -0.1) is 0 Å². The topological polar surface area (TPSA) is 77.1 Å². The average molecular weight is 471 g/mol. The minimum Gasteiger partial charge on any atom is -0.496 e. The van der Waals surface area contributed by atoms with E-state index in [-0.39, 0.29) is 19.1 Å². The van der Waals surface area contributed by atoms with Gasteiger partial charge in [-0.1, -0.05) is 42.5 Å². The standard InChI is InChI=1S/C27H38N2O5/c1-19(20-13-15-21(16-14-20)22-11-9-10-12-23(22)32-8)29(25(31)34-27(5,6)7)18-17-28-24(30)33-26(2,3)4/h9-16,19H,17-18H2,1-8H3,(H,28,30)/t19-/m1/s1. The molecule has 0 radical (unpaired) electrons. The van der Waals surface area contributed by atoms with E-state index in [0.29, 0.717) is 0 Å². The summed E-state index contributed by atoms with van der Waals surface area (Å²) in [6.07, 6.45) is -0.967. The number of hydrogen-bond donors (Lipinski definition) is 1. The number of methoxy groups -OCH3 is 1. The largest absolute Gasteiger partial charge is 0.496 e. The van der Waals surface area contributed by atoms with Gasteiger partial charge in [0.05, 0.1) is 13.2 Å². The maximum Gasteiger partial charge on any atom is 0.410 e. The van der Waals surface area contributed by atoms with E-state index in [9.17, 15) is 9.59 Å². The zero-order valence-corrected chi connectivity index (χ0v) is 21.6. The fourth-order valence-electron chi connectivity index (χ4n) is 3.36. The number of alkyl carbamates (subject to hydrolysis) is 1. The van der Waals surface area contributed by atoms with Crippen molar-refractivity contribution in [3.05, 3.63) is 54.1 Å². The van der Waals surface area contributed by atoms with Crippen molar-refractivity contribution in [2.45, 2.75) is 65.7 Å². The van der Waals surface area contributed by atoms with Crippen molar-refractivity contribution < 1.29 is 23.8 Å². The predicted molar refractivity (Wildman–Crippen MR) is 134 cm³/mol. The van der Waals surface area contributed by atoms with Crippen molar-refractivity contribution in [2.24, 2.45) is 0 Å². The van der Waals surface area contributed by atoms with Gasteiger partial charge in [0, 0.05) is 18.7 Å². The SMILES string of the molecule is COc1ccccc1-c1ccc([C@@H](C)N(CCNC(=O)OC(C)(C)C)C(=O)OC(C)(C)C)cc1. The van der Waals surface area contributed by atoms with Crippen LogP contribution in [0.3, 0.4) is 0 Å². The van der Waals surface area contributed by atoms with Crippen LogP contribution in [0.5, 0.6) is 5.75 Å². The monoisotopic (exact) mass is 470 g/mol. The Morgan fingerprint density at radius 1 is 0.912 bits per heavy atom. The summed E-state index contributed by atoms with van der Waals surface area (Å²) in [5.41, 5.74) is 1.73. The Bertz CT molecular complexity index is 958. The molecule has 0 unspecified atom stereocenters. The molecule has 2 aromatic carbocycles. The Morgan fingerprint density at radius 2 is 1.50 bits per heavy atom. The van der Waals surface area contributed by atoms with E-state index in [4.69, 9.17) is 14.2 Å². The third-order valence-corrected chi connectivity index (χ3v) is 4.93. The van der Waals surface area contributed by atoms with Gasteiger partial charge < -0.3 is 19.5 Å². The zero-order chi connectivity index (χ0) is 25.5. The molecule has 0 fully saturated rings. The minimum atomic E-state index is -0.638. The highest BCUT2D eigenvalue weighted by atomic mass is 16.6. The fourth-order valence-corrected chi connectivity index (χ4v) is 3.36. The molecule has 0 saturated heterocycles. The van der Waals surface area contributed by atoms with E-state index < -0.39 is 23.4 Å². The number of rotatable bonds is 7. The Balaban J connectivity index is 2.19. The summed E-state index contributed by atoms with van der Waals surface area (Å²) in [7, 11) is 1.65. The molecule has 0 heterocycles. The van der Waals surface area contributed by atoms with E-state index in [1.165, 1.54) is 0 Å². The van der Waals surface area contributed by atoms with Crippen LogP contribution in [0.15, 0.2) is 48.5 Å². The molecule has 0 aliphatic heterocycles. The highest BCUT2D eigenvalue weighted by Crippen LogP contribution is 2.31. The maximum absolute atomic E-state index is 13.0. The third kappa shape index (κ3) is 8.28. The van der Waals surface area contributed by atoms with Crippen LogP contribution in [0, 0.1) is 0 Å². The predicted octanol–water partition coefficient (Wildman–Crippen LogP) is 6.19. The van der Waals surface area contributed by atoms with Crippen LogP contribution in [-0.2, 0) is 9.47 Å². The van der Waals surface area contributed by atoms with Crippen molar-refractivity contribution in [3.63, 3.8) is 0 Å². The van der Waals surface area contributed by atoms with Crippen LogP contribution < -0.4 is 10.1 Å². The van der Waals surface area contributed by atoms with Gasteiger partial charge in [0.25, 0.3) is 0 Å². The summed E-state index contributed by atoms with van der Waals surface area (Å²) >= 11 is 0. The molecule has 2 amide bonds. The third-order valence-electron chi connectivity index (χ3n) is 4.93. The summed E-state index contributed by atoms with van der Waals surface area (Å²) in [6, 6.07) is 15.6. The van der Waals surface area contributed by atoms with E-state index >= 15 is 0 Å². The molecule has 7 heteroatoms. The number of carbonyl (C=O) groups is 2. The lowest BCUT2D eigenvalue weighted by molar-refractivity contribution is 0.0165. The van der Waals surface area contributed by atoms with Crippen LogP contribution in [0.1, 0.15) is 60.1 Å². The number of benzene rings is 2. The van der Waals surface area contributed by atoms with Crippen molar-refractivity contribution >= 4 is 12.2 Å². The summed E-state index contributed by atoms with van der Waals surface area (Å²) < 4.78 is 16.4. The molecule has 186 valence electrons. The second-order valence-electron chi connectivity index (χ2n) is 10.1. The smallest absolute Gasteiger partial charge is 0.410 e. The second-order valence-corrected chi connectivity index (χ2v) is 10.1. The van der Waals surface area contributed by atoms with Gasteiger partial charge in [0.1, 0.15) is 17.0 Å². The van der Waals surface area contributed by atoms with E-state index in [1.807, 2.05) is 76.2 Å². The molecule has 0 bridgehead atoms. The van der Waals surface area contributed by atoms with Crippen molar-refractivity contribution in [2.75, 3.05) is 20.2 Å². The van der Waals surface area contributed by atoms with Gasteiger partial charge in [-0.05, 0) is 65.7 Å². The average Bonchev–Trinajstić information content (AvgIpc) is 2.74. The summed E-state index contributed by atoms with van der Waals surface area (Å²) in [5, 5.41) is 2.71. The molecule has 0 aliphatic rings. The number of ether oxygens (including phenoxy) is 3. The second kappa shape index (κ2) is 11.3. The maximum atomic E-state index is 13.0. The summed E-state index contributed by atoms with van der Waals surface area (Å²) in [4.78, 5) is 26.6. The van der Waals surface area contributed by atoms with Gasteiger partial charge in [-0.25, -0.2) is 9.59 Å². The molecule has 0 saturated carbocycles. The lowest BCUT2D eigenvalue weighted by Gasteiger charge is -2.32. The molecule has 2 rings (SSSR count). The van der Waals surface area contributed by atoms with Crippen LogP contribution >= 0.6 is 0 Å². The van der Waals surface area contributed by atoms with Gasteiger partial charge >= 0.3 is 12.2 Å². The molecule has 0 spiro atoms. The first-order valence-corrected chi connectivity index (χ1v) is 11.5. The highest BCUT2D eigenvalue weighted by Gasteiger charge is 2.27. The number of nitrogens with zero attached hydrogens (tertiary/aromatic N) is 1. The molecule has 0 aromatic heterocycles. The van der Waals surface area contributed by atoms with Crippen LogP contribution in [0.4, 0.5) is 9.59 Å². The van der Waals surface area contributed by atoms with E-state index in [1.54, 1.807) is 32.8 Å². The number of amides is 2. The number of carbonyl (C=O) groups excluding carboxylic acids is 2. The molecule has 2 aromatic rings. The molecule has 0 aliphatic carbocycles. The molecule has 1 atom stereocenters. The van der Waals surface area contributed by atoms with Gasteiger partial charge in [0.15, 0.2) is 0 Å². The number of nitrogens with one attached hydrogen (secondary N) is 1. The van der Waals surface area contributed by atoms with E-state index in [2.05, 4.69) is 5.32 Å². The lowest BCUT2D eigenvalue weighted by atomic mass is 10.00. The molecule has 1 N–H and O–H groups in total. The molecular formula is C27H38N2O5. The fraction of sp³-hybridized carbons (Fsp3) is 0.481. The molecule has 34 heavy (non-hydrogen) atoms. The summed E-state index contributed by atoms with van der Waals surface area (Å²) in [6.45, 7) is 13.3. The highest BCUT2D eigenvalue weighted by molar-refractivity contribution is 5.72. The van der Waals surface area contributed by atoms with Crippen molar-refractivity contribution in [1.29, 1.82) is 0 Å². The van der Waals surface area contributed by atoms with Crippen LogP contribution in [0.25, 0.3) is 11.1 Å². The van der Waals surface area contributed by atoms with Gasteiger partial charge in [-0.2, -0.15) is 0 Å². The summed E-state index contributed by atoms with van der Waals surface area (Å²) in [5.74, 6) is 0.798. The normalized spacial score (nSPS) is 12.5. The van der Waals surface area contributed by atoms with E-state index in [0.717, 1.165) is 22.4 Å². The first kappa shape index (κ1) is 27.0. The first-order chi connectivity index (χ1) is 15.8. The van der Waals surface area contributed by atoms with Gasteiger partial charge in [0.2, 0.25) is 0 Å². The Labute approximate surface area is 203 Å². The van der Waals surface area contributed by atoms with Crippen LogP contribution in [0.2, 0.25) is 0 Å². The molecule has 7 nitrogen and oxygen atoms in total. The van der Waals surface area contributed by atoms with Gasteiger partial charge in [-0.3, -0.25) is 4.90 Å². The zero-order valence-electron chi connectivity index (χ0n) is 21.6. The number of hydrogen-bond acceptors (Lipinski definition) is 5.